The van der Waals surface area contributed by atoms with E-state index in [2.05, 4.69) is 5.32 Å². The van der Waals surface area contributed by atoms with Crippen molar-refractivity contribution in [2.24, 2.45) is 7.05 Å². The number of carbonyl (C=O) groups excluding carboxylic acids is 3. The summed E-state index contributed by atoms with van der Waals surface area (Å²) < 4.78 is 6.38. The molecule has 0 saturated carbocycles. The van der Waals surface area contributed by atoms with Crippen molar-refractivity contribution in [1.82, 2.24) is 14.8 Å². The molecular formula is C13H19N3O4. The fourth-order valence-electron chi connectivity index (χ4n) is 1.66. The average molecular weight is 281 g/mol. The van der Waals surface area contributed by atoms with Crippen LogP contribution in [0.5, 0.6) is 0 Å². The SMILES string of the molecule is CCOC(=O)CN(C)CC(=O)NC(=O)c1cccn1C. The van der Waals surface area contributed by atoms with Crippen molar-refractivity contribution in [3.63, 3.8) is 0 Å². The minimum Gasteiger partial charge on any atom is -0.465 e. The van der Waals surface area contributed by atoms with E-state index in [0.717, 1.165) is 0 Å². The van der Waals surface area contributed by atoms with Crippen molar-refractivity contribution in [2.45, 2.75) is 6.92 Å². The molecule has 7 heteroatoms. The molecule has 0 radical (unpaired) electrons. The number of aryl methyl sites for hydroxylation is 1. The van der Waals surface area contributed by atoms with E-state index in [4.69, 9.17) is 4.74 Å². The lowest BCUT2D eigenvalue weighted by molar-refractivity contribution is -0.144. The van der Waals surface area contributed by atoms with Gasteiger partial charge in [0.1, 0.15) is 5.69 Å². The van der Waals surface area contributed by atoms with Crippen LogP contribution in [0.3, 0.4) is 0 Å². The summed E-state index contributed by atoms with van der Waals surface area (Å²) in [7, 11) is 3.32. The number of rotatable bonds is 6. The van der Waals surface area contributed by atoms with Crippen LogP contribution >= 0.6 is 0 Å². The molecule has 1 N–H and O–H groups in total. The zero-order valence-corrected chi connectivity index (χ0v) is 11.9. The third kappa shape index (κ3) is 4.85. The van der Waals surface area contributed by atoms with E-state index < -0.39 is 17.8 Å². The molecule has 20 heavy (non-hydrogen) atoms. The van der Waals surface area contributed by atoms with Gasteiger partial charge in [-0.15, -0.1) is 0 Å². The van der Waals surface area contributed by atoms with E-state index >= 15 is 0 Å². The standard InChI is InChI=1S/C13H19N3O4/c1-4-20-12(18)9-15(2)8-11(17)14-13(19)10-6-5-7-16(10)3/h5-7H,4,8-9H2,1-3H3,(H,14,17,19). The fraction of sp³-hybridized carbons (Fsp3) is 0.462. The molecule has 0 aliphatic carbocycles. The molecule has 1 rings (SSSR count). The Bertz CT molecular complexity index is 496. The maximum Gasteiger partial charge on any atom is 0.320 e. The predicted molar refractivity (Wildman–Crippen MR) is 72.0 cm³/mol. The largest absolute Gasteiger partial charge is 0.465 e. The Morgan fingerprint density at radius 2 is 2.05 bits per heavy atom. The van der Waals surface area contributed by atoms with Crippen LogP contribution in [0.25, 0.3) is 0 Å². The molecule has 0 aliphatic rings. The van der Waals surface area contributed by atoms with Gasteiger partial charge in [-0.3, -0.25) is 24.6 Å². The zero-order chi connectivity index (χ0) is 15.1. The Morgan fingerprint density at radius 1 is 1.35 bits per heavy atom. The third-order valence-electron chi connectivity index (χ3n) is 2.55. The Kier molecular flexibility index (Phi) is 5.92. The number of carbonyl (C=O) groups is 3. The fourth-order valence-corrected chi connectivity index (χ4v) is 1.66. The molecule has 0 bridgehead atoms. The summed E-state index contributed by atoms with van der Waals surface area (Å²) in [6.07, 6.45) is 1.71. The molecule has 0 atom stereocenters. The summed E-state index contributed by atoms with van der Waals surface area (Å²) in [5.41, 5.74) is 0.395. The van der Waals surface area contributed by atoms with E-state index in [1.54, 1.807) is 43.9 Å². The molecule has 1 aromatic heterocycles. The zero-order valence-electron chi connectivity index (χ0n) is 11.9. The van der Waals surface area contributed by atoms with Gasteiger partial charge in [-0.25, -0.2) is 0 Å². The Hall–Kier alpha value is -2.15. The number of imide groups is 1. The number of hydrogen-bond acceptors (Lipinski definition) is 5. The van der Waals surface area contributed by atoms with Crippen LogP contribution in [-0.2, 0) is 21.4 Å². The number of esters is 1. The number of nitrogens with zero attached hydrogens (tertiary/aromatic N) is 2. The summed E-state index contributed by atoms with van der Waals surface area (Å²) in [6, 6.07) is 3.33. The highest BCUT2D eigenvalue weighted by atomic mass is 16.5. The minimum atomic E-state index is -0.469. The van der Waals surface area contributed by atoms with Crippen LogP contribution in [-0.4, -0.2) is 54.0 Å². The number of nitrogens with one attached hydrogen (secondary N) is 1. The maximum atomic E-state index is 11.8. The molecule has 0 fully saturated rings. The van der Waals surface area contributed by atoms with Gasteiger partial charge in [0.05, 0.1) is 19.7 Å². The molecule has 2 amide bonds. The van der Waals surface area contributed by atoms with Crippen LogP contribution < -0.4 is 5.32 Å². The number of ether oxygens (including phenoxy) is 1. The van der Waals surface area contributed by atoms with Crippen LogP contribution in [0.15, 0.2) is 18.3 Å². The summed E-state index contributed by atoms with van der Waals surface area (Å²) in [6.45, 7) is 1.95. The van der Waals surface area contributed by atoms with Crippen molar-refractivity contribution in [1.29, 1.82) is 0 Å². The summed E-state index contributed by atoms with van der Waals surface area (Å²) in [4.78, 5) is 36.2. The van der Waals surface area contributed by atoms with E-state index in [1.807, 2.05) is 0 Å². The van der Waals surface area contributed by atoms with Crippen LogP contribution in [0, 0.1) is 0 Å². The molecule has 0 spiro atoms. The molecule has 0 aromatic carbocycles. The van der Waals surface area contributed by atoms with Gasteiger partial charge < -0.3 is 9.30 Å². The predicted octanol–water partition coefficient (Wildman–Crippen LogP) is -0.224. The van der Waals surface area contributed by atoms with Crippen molar-refractivity contribution in [2.75, 3.05) is 26.7 Å². The molecule has 7 nitrogen and oxygen atoms in total. The van der Waals surface area contributed by atoms with Crippen LogP contribution in [0.4, 0.5) is 0 Å². The van der Waals surface area contributed by atoms with Gasteiger partial charge in [-0.1, -0.05) is 0 Å². The first kappa shape index (κ1) is 15.9. The van der Waals surface area contributed by atoms with Gasteiger partial charge in [-0.2, -0.15) is 0 Å². The van der Waals surface area contributed by atoms with E-state index in [1.165, 1.54) is 4.90 Å². The second-order valence-electron chi connectivity index (χ2n) is 4.36. The van der Waals surface area contributed by atoms with Crippen LogP contribution in [0.1, 0.15) is 17.4 Å². The van der Waals surface area contributed by atoms with Gasteiger partial charge >= 0.3 is 5.97 Å². The van der Waals surface area contributed by atoms with E-state index in [0.29, 0.717) is 12.3 Å². The maximum absolute atomic E-state index is 11.8. The second-order valence-corrected chi connectivity index (χ2v) is 4.36. The molecule has 1 heterocycles. The van der Waals surface area contributed by atoms with E-state index in [-0.39, 0.29) is 13.1 Å². The number of aromatic nitrogens is 1. The van der Waals surface area contributed by atoms with Crippen LogP contribution in [0.2, 0.25) is 0 Å². The lowest BCUT2D eigenvalue weighted by atomic mass is 10.4. The lowest BCUT2D eigenvalue weighted by Gasteiger charge is -2.14. The topological polar surface area (TPSA) is 80.6 Å². The second kappa shape index (κ2) is 7.44. The number of hydrogen-bond donors (Lipinski definition) is 1. The van der Waals surface area contributed by atoms with Gasteiger partial charge in [-0.05, 0) is 26.1 Å². The normalized spacial score (nSPS) is 10.4. The first-order valence-electron chi connectivity index (χ1n) is 6.23. The minimum absolute atomic E-state index is 0.000392. The van der Waals surface area contributed by atoms with Gasteiger partial charge in [0, 0.05) is 13.2 Å². The molecule has 0 aliphatic heterocycles. The summed E-state index contributed by atoms with van der Waals surface area (Å²) in [5, 5.41) is 2.27. The van der Waals surface area contributed by atoms with Crippen molar-refractivity contribution < 1.29 is 19.1 Å². The van der Waals surface area contributed by atoms with Gasteiger partial charge in [0.2, 0.25) is 5.91 Å². The van der Waals surface area contributed by atoms with Crippen molar-refractivity contribution >= 4 is 17.8 Å². The molecule has 1 aromatic rings. The van der Waals surface area contributed by atoms with E-state index in [9.17, 15) is 14.4 Å². The Morgan fingerprint density at radius 3 is 2.60 bits per heavy atom. The van der Waals surface area contributed by atoms with Gasteiger partial charge in [0.15, 0.2) is 0 Å². The molecular weight excluding hydrogens is 262 g/mol. The smallest absolute Gasteiger partial charge is 0.320 e. The average Bonchev–Trinajstić information content (AvgIpc) is 2.74. The monoisotopic (exact) mass is 281 g/mol. The van der Waals surface area contributed by atoms with Crippen molar-refractivity contribution in [3.05, 3.63) is 24.0 Å². The number of likely N-dealkylation sites (N-methyl/N-ethyl adjacent to an activating group) is 1. The third-order valence-corrected chi connectivity index (χ3v) is 2.55. The first-order chi connectivity index (χ1) is 9.43. The Balaban J connectivity index is 2.42. The molecule has 0 saturated heterocycles. The highest BCUT2D eigenvalue weighted by molar-refractivity contribution is 6.04. The number of amides is 2. The highest BCUT2D eigenvalue weighted by Crippen LogP contribution is 1.98. The lowest BCUT2D eigenvalue weighted by Crippen LogP contribution is -2.40. The van der Waals surface area contributed by atoms with Gasteiger partial charge in [0.25, 0.3) is 5.91 Å². The van der Waals surface area contributed by atoms with Crippen molar-refractivity contribution in [3.8, 4) is 0 Å². The molecule has 110 valence electrons. The quantitative estimate of drug-likeness (QED) is 0.729. The summed E-state index contributed by atoms with van der Waals surface area (Å²) in [5.74, 6) is -1.34. The first-order valence-corrected chi connectivity index (χ1v) is 6.23. The summed E-state index contributed by atoms with van der Waals surface area (Å²) >= 11 is 0. The molecule has 0 unspecified atom stereocenters. The highest BCUT2D eigenvalue weighted by Gasteiger charge is 2.15. The Labute approximate surface area is 117 Å².